The van der Waals surface area contributed by atoms with Gasteiger partial charge in [0.25, 0.3) is 5.91 Å². The smallest absolute Gasteiger partial charge is 0.257 e. The number of thiophene rings is 1. The minimum atomic E-state index is -0.122. The van der Waals surface area contributed by atoms with Crippen molar-refractivity contribution in [1.29, 1.82) is 0 Å². The van der Waals surface area contributed by atoms with Crippen molar-refractivity contribution in [1.82, 2.24) is 5.32 Å². The van der Waals surface area contributed by atoms with E-state index in [1.165, 1.54) is 5.56 Å². The highest BCUT2D eigenvalue weighted by molar-refractivity contribution is 7.07. The zero-order chi connectivity index (χ0) is 14.2. The molecule has 0 atom stereocenters. The molecule has 0 aliphatic rings. The lowest BCUT2D eigenvalue weighted by Gasteiger charge is -2.08. The van der Waals surface area contributed by atoms with Gasteiger partial charge in [0.2, 0.25) is 0 Å². The first-order valence-corrected chi connectivity index (χ1v) is 7.27. The van der Waals surface area contributed by atoms with Crippen molar-refractivity contribution in [2.24, 2.45) is 0 Å². The van der Waals surface area contributed by atoms with Gasteiger partial charge in [0, 0.05) is 12.6 Å². The van der Waals surface area contributed by atoms with Crippen LogP contribution in [0.2, 0.25) is 0 Å². The van der Waals surface area contributed by atoms with Gasteiger partial charge in [-0.05, 0) is 40.9 Å². The van der Waals surface area contributed by atoms with E-state index in [4.69, 9.17) is 9.47 Å². The summed E-state index contributed by atoms with van der Waals surface area (Å²) >= 11 is 1.66. The number of rotatable bonds is 7. The van der Waals surface area contributed by atoms with Crippen molar-refractivity contribution in [3.63, 3.8) is 0 Å². The van der Waals surface area contributed by atoms with Crippen LogP contribution in [0.1, 0.15) is 5.56 Å². The fourth-order valence-corrected chi connectivity index (χ4v) is 2.38. The van der Waals surface area contributed by atoms with Crippen LogP contribution in [-0.2, 0) is 11.2 Å². The number of nitrogens with one attached hydrogen (secondary N) is 1. The molecule has 0 spiro atoms. The molecule has 1 heterocycles. The van der Waals surface area contributed by atoms with E-state index in [0.29, 0.717) is 18.0 Å². The molecular formula is C15H17NO3S. The van der Waals surface area contributed by atoms with Crippen LogP contribution >= 0.6 is 11.3 Å². The van der Waals surface area contributed by atoms with Crippen molar-refractivity contribution in [3.05, 3.63) is 46.7 Å². The predicted molar refractivity (Wildman–Crippen MR) is 79.5 cm³/mol. The first kappa shape index (κ1) is 14.4. The lowest BCUT2D eigenvalue weighted by molar-refractivity contribution is -0.123. The van der Waals surface area contributed by atoms with Gasteiger partial charge in [0.15, 0.2) is 6.61 Å². The third-order valence-corrected chi connectivity index (χ3v) is 3.46. The second-order valence-electron chi connectivity index (χ2n) is 4.20. The van der Waals surface area contributed by atoms with Crippen LogP contribution in [-0.4, -0.2) is 26.2 Å². The maximum atomic E-state index is 11.6. The average Bonchev–Trinajstić information content (AvgIpc) is 2.98. The van der Waals surface area contributed by atoms with Gasteiger partial charge < -0.3 is 14.8 Å². The summed E-state index contributed by atoms with van der Waals surface area (Å²) in [6, 6.07) is 9.25. The van der Waals surface area contributed by atoms with Gasteiger partial charge in [-0.3, -0.25) is 4.79 Å². The SMILES string of the molecule is COc1cccc(OCC(=O)NCCc2ccsc2)c1. The van der Waals surface area contributed by atoms with Gasteiger partial charge >= 0.3 is 0 Å². The fourth-order valence-electron chi connectivity index (χ4n) is 1.67. The zero-order valence-corrected chi connectivity index (χ0v) is 12.1. The Kier molecular flexibility index (Phi) is 5.43. The third-order valence-electron chi connectivity index (χ3n) is 2.73. The van der Waals surface area contributed by atoms with Crippen LogP contribution in [0.3, 0.4) is 0 Å². The maximum Gasteiger partial charge on any atom is 0.257 e. The highest BCUT2D eigenvalue weighted by Gasteiger charge is 2.03. The fraction of sp³-hybridized carbons (Fsp3) is 0.267. The largest absolute Gasteiger partial charge is 0.497 e. The Bertz CT molecular complexity index is 540. The number of amides is 1. The summed E-state index contributed by atoms with van der Waals surface area (Å²) in [6.07, 6.45) is 0.842. The monoisotopic (exact) mass is 291 g/mol. The van der Waals surface area contributed by atoms with E-state index >= 15 is 0 Å². The van der Waals surface area contributed by atoms with Crippen LogP contribution in [0.25, 0.3) is 0 Å². The molecule has 1 N–H and O–H groups in total. The van der Waals surface area contributed by atoms with E-state index in [2.05, 4.69) is 16.8 Å². The molecule has 0 aliphatic carbocycles. The molecule has 0 saturated heterocycles. The van der Waals surface area contributed by atoms with E-state index in [1.807, 2.05) is 17.5 Å². The normalized spacial score (nSPS) is 10.1. The van der Waals surface area contributed by atoms with Crippen molar-refractivity contribution < 1.29 is 14.3 Å². The Morgan fingerprint density at radius 1 is 1.30 bits per heavy atom. The number of hydrogen-bond acceptors (Lipinski definition) is 4. The molecule has 1 aromatic carbocycles. The lowest BCUT2D eigenvalue weighted by Crippen LogP contribution is -2.30. The number of carbonyl (C=O) groups is 1. The summed E-state index contributed by atoms with van der Waals surface area (Å²) in [4.78, 5) is 11.6. The summed E-state index contributed by atoms with van der Waals surface area (Å²) in [5, 5.41) is 6.94. The van der Waals surface area contributed by atoms with Crippen LogP contribution in [0.15, 0.2) is 41.1 Å². The van der Waals surface area contributed by atoms with Crippen LogP contribution in [0, 0.1) is 0 Å². The molecule has 5 heteroatoms. The van der Waals surface area contributed by atoms with E-state index in [-0.39, 0.29) is 12.5 Å². The molecule has 20 heavy (non-hydrogen) atoms. The van der Waals surface area contributed by atoms with E-state index in [1.54, 1.807) is 30.6 Å². The van der Waals surface area contributed by atoms with Gasteiger partial charge in [-0.25, -0.2) is 0 Å². The predicted octanol–water partition coefficient (Wildman–Crippen LogP) is 2.49. The van der Waals surface area contributed by atoms with Crippen LogP contribution in [0.4, 0.5) is 0 Å². The molecule has 0 fully saturated rings. The molecule has 0 unspecified atom stereocenters. The molecule has 0 bridgehead atoms. The molecule has 0 aliphatic heterocycles. The lowest BCUT2D eigenvalue weighted by atomic mass is 10.2. The van der Waals surface area contributed by atoms with E-state index in [9.17, 15) is 4.79 Å². The Morgan fingerprint density at radius 2 is 2.15 bits per heavy atom. The highest BCUT2D eigenvalue weighted by atomic mass is 32.1. The molecular weight excluding hydrogens is 274 g/mol. The topological polar surface area (TPSA) is 47.6 Å². The molecule has 2 rings (SSSR count). The van der Waals surface area contributed by atoms with Gasteiger partial charge in [-0.1, -0.05) is 6.07 Å². The van der Waals surface area contributed by atoms with Crippen molar-refractivity contribution in [2.75, 3.05) is 20.3 Å². The van der Waals surface area contributed by atoms with Crippen molar-refractivity contribution >= 4 is 17.2 Å². The maximum absolute atomic E-state index is 11.6. The standard InChI is InChI=1S/C15H17NO3S/c1-18-13-3-2-4-14(9-13)19-10-15(17)16-7-5-12-6-8-20-11-12/h2-4,6,8-9,11H,5,7,10H2,1H3,(H,16,17). The number of ether oxygens (including phenoxy) is 2. The number of methoxy groups -OCH3 is 1. The van der Waals surface area contributed by atoms with E-state index in [0.717, 1.165) is 6.42 Å². The number of hydrogen-bond donors (Lipinski definition) is 1. The van der Waals surface area contributed by atoms with Gasteiger partial charge in [0.1, 0.15) is 11.5 Å². The molecule has 0 saturated carbocycles. The Hall–Kier alpha value is -2.01. The molecule has 1 aromatic heterocycles. The summed E-state index contributed by atoms with van der Waals surface area (Å²) in [5.74, 6) is 1.21. The number of carbonyl (C=O) groups excluding carboxylic acids is 1. The van der Waals surface area contributed by atoms with Gasteiger partial charge in [-0.15, -0.1) is 0 Å². The summed E-state index contributed by atoms with van der Waals surface area (Å²) in [6.45, 7) is 0.633. The van der Waals surface area contributed by atoms with Crippen LogP contribution in [0.5, 0.6) is 11.5 Å². The summed E-state index contributed by atoms with van der Waals surface area (Å²) in [7, 11) is 1.59. The molecule has 4 nitrogen and oxygen atoms in total. The average molecular weight is 291 g/mol. The molecule has 1 amide bonds. The Morgan fingerprint density at radius 3 is 2.90 bits per heavy atom. The highest BCUT2D eigenvalue weighted by Crippen LogP contribution is 2.18. The van der Waals surface area contributed by atoms with Crippen molar-refractivity contribution in [3.8, 4) is 11.5 Å². The zero-order valence-electron chi connectivity index (χ0n) is 11.3. The molecule has 2 aromatic rings. The van der Waals surface area contributed by atoms with E-state index < -0.39 is 0 Å². The Labute approximate surface area is 122 Å². The number of benzene rings is 1. The minimum Gasteiger partial charge on any atom is -0.497 e. The first-order valence-electron chi connectivity index (χ1n) is 6.32. The molecule has 0 radical (unpaired) electrons. The second kappa shape index (κ2) is 7.55. The minimum absolute atomic E-state index is 0.0107. The Balaban J connectivity index is 1.69. The van der Waals surface area contributed by atoms with Gasteiger partial charge in [0.05, 0.1) is 7.11 Å². The third kappa shape index (κ3) is 4.59. The van der Waals surface area contributed by atoms with Gasteiger partial charge in [-0.2, -0.15) is 11.3 Å². The van der Waals surface area contributed by atoms with Crippen molar-refractivity contribution in [2.45, 2.75) is 6.42 Å². The molecule has 106 valence electrons. The quantitative estimate of drug-likeness (QED) is 0.852. The summed E-state index contributed by atoms with van der Waals surface area (Å²) in [5.41, 5.74) is 1.24. The summed E-state index contributed by atoms with van der Waals surface area (Å²) < 4.78 is 10.5. The second-order valence-corrected chi connectivity index (χ2v) is 4.98. The van der Waals surface area contributed by atoms with Crippen LogP contribution < -0.4 is 14.8 Å². The first-order chi connectivity index (χ1) is 9.78.